The van der Waals surface area contributed by atoms with Crippen molar-refractivity contribution in [3.63, 3.8) is 0 Å². The predicted molar refractivity (Wildman–Crippen MR) is 106 cm³/mol. The van der Waals surface area contributed by atoms with Crippen LogP contribution in [0.1, 0.15) is 14.7 Å². The molecule has 1 heterocycles. The van der Waals surface area contributed by atoms with E-state index in [0.717, 1.165) is 10.6 Å². The number of hydrogen-bond donors (Lipinski definition) is 1. The number of hydrogen-bond acceptors (Lipinski definition) is 6. The number of amides is 1. The molecule has 3 aromatic rings. The summed E-state index contributed by atoms with van der Waals surface area (Å²) < 4.78 is 16.0. The van der Waals surface area contributed by atoms with E-state index in [1.807, 2.05) is 37.3 Å². The van der Waals surface area contributed by atoms with Crippen LogP contribution in [0.5, 0.6) is 17.2 Å². The lowest BCUT2D eigenvalue weighted by Gasteiger charge is -2.14. The molecule has 0 spiro atoms. The van der Waals surface area contributed by atoms with E-state index < -0.39 is 0 Å². The Hall–Kier alpha value is -3.06. The van der Waals surface area contributed by atoms with E-state index in [9.17, 15) is 4.79 Å². The van der Waals surface area contributed by atoms with Crippen LogP contribution >= 0.6 is 11.3 Å². The van der Waals surface area contributed by atoms with Crippen LogP contribution < -0.4 is 19.5 Å². The first-order valence-corrected chi connectivity index (χ1v) is 9.03. The van der Waals surface area contributed by atoms with Gasteiger partial charge in [0.2, 0.25) is 5.75 Å². The van der Waals surface area contributed by atoms with E-state index >= 15 is 0 Å². The van der Waals surface area contributed by atoms with Gasteiger partial charge in [0.15, 0.2) is 11.5 Å². The van der Waals surface area contributed by atoms with Gasteiger partial charge in [0, 0.05) is 23.4 Å². The summed E-state index contributed by atoms with van der Waals surface area (Å²) in [5.74, 6) is 1.16. The number of rotatable bonds is 6. The van der Waals surface area contributed by atoms with Gasteiger partial charge in [-0.05, 0) is 6.92 Å². The molecule has 7 heteroatoms. The number of nitrogens with one attached hydrogen (secondary N) is 1. The number of benzene rings is 2. The SMILES string of the molecule is COc1cc(NC(=O)c2sc(C)nc2-c2ccccc2)cc(OC)c1OC. The number of thiazole rings is 1. The highest BCUT2D eigenvalue weighted by Gasteiger charge is 2.20. The normalized spacial score (nSPS) is 10.4. The minimum atomic E-state index is -0.242. The molecule has 0 aliphatic heterocycles. The van der Waals surface area contributed by atoms with Gasteiger partial charge in [0.05, 0.1) is 32.0 Å². The molecule has 0 unspecified atom stereocenters. The third-order valence-electron chi connectivity index (χ3n) is 3.91. The fourth-order valence-corrected chi connectivity index (χ4v) is 3.55. The van der Waals surface area contributed by atoms with Crippen molar-refractivity contribution < 1.29 is 19.0 Å². The Balaban J connectivity index is 1.95. The van der Waals surface area contributed by atoms with Gasteiger partial charge in [0.1, 0.15) is 4.88 Å². The Morgan fingerprint density at radius 3 is 2.19 bits per heavy atom. The van der Waals surface area contributed by atoms with Crippen molar-refractivity contribution in [1.29, 1.82) is 0 Å². The van der Waals surface area contributed by atoms with Gasteiger partial charge in [-0.25, -0.2) is 4.98 Å². The minimum Gasteiger partial charge on any atom is -0.493 e. The molecule has 0 fully saturated rings. The average Bonchev–Trinajstić information content (AvgIpc) is 3.09. The fourth-order valence-electron chi connectivity index (χ4n) is 2.71. The summed E-state index contributed by atoms with van der Waals surface area (Å²) in [7, 11) is 4.59. The molecule has 0 bridgehead atoms. The van der Waals surface area contributed by atoms with Gasteiger partial charge in [-0.1, -0.05) is 30.3 Å². The quantitative estimate of drug-likeness (QED) is 0.682. The maximum absolute atomic E-state index is 12.9. The van der Waals surface area contributed by atoms with Crippen molar-refractivity contribution in [2.75, 3.05) is 26.6 Å². The van der Waals surface area contributed by atoms with Gasteiger partial charge in [-0.3, -0.25) is 4.79 Å². The second kappa shape index (κ2) is 8.09. The highest BCUT2D eigenvalue weighted by atomic mass is 32.1. The van der Waals surface area contributed by atoms with E-state index in [2.05, 4.69) is 10.3 Å². The molecule has 0 aliphatic carbocycles. The van der Waals surface area contributed by atoms with Crippen LogP contribution in [0.3, 0.4) is 0 Å². The van der Waals surface area contributed by atoms with Crippen LogP contribution in [0.15, 0.2) is 42.5 Å². The number of carbonyl (C=O) groups excluding carboxylic acids is 1. The van der Waals surface area contributed by atoms with Crippen molar-refractivity contribution >= 4 is 22.9 Å². The zero-order chi connectivity index (χ0) is 19.4. The van der Waals surface area contributed by atoms with Crippen LogP contribution in [0.4, 0.5) is 5.69 Å². The number of methoxy groups -OCH3 is 3. The van der Waals surface area contributed by atoms with E-state index in [-0.39, 0.29) is 5.91 Å². The van der Waals surface area contributed by atoms with Gasteiger partial charge < -0.3 is 19.5 Å². The molecule has 1 amide bonds. The largest absolute Gasteiger partial charge is 0.493 e. The minimum absolute atomic E-state index is 0.242. The van der Waals surface area contributed by atoms with Crippen LogP contribution in [0.2, 0.25) is 0 Å². The first-order chi connectivity index (χ1) is 13.1. The van der Waals surface area contributed by atoms with E-state index in [1.165, 1.54) is 32.7 Å². The molecule has 27 heavy (non-hydrogen) atoms. The summed E-state index contributed by atoms with van der Waals surface area (Å²) in [4.78, 5) is 18.0. The van der Waals surface area contributed by atoms with Crippen molar-refractivity contribution in [2.24, 2.45) is 0 Å². The molecule has 3 rings (SSSR count). The van der Waals surface area contributed by atoms with E-state index in [0.29, 0.717) is 33.5 Å². The lowest BCUT2D eigenvalue weighted by molar-refractivity contribution is 0.103. The zero-order valence-corrected chi connectivity index (χ0v) is 16.3. The number of aryl methyl sites for hydroxylation is 1. The van der Waals surface area contributed by atoms with Crippen molar-refractivity contribution in [3.8, 4) is 28.5 Å². The van der Waals surface area contributed by atoms with E-state index in [1.54, 1.807) is 12.1 Å². The summed E-state index contributed by atoms with van der Waals surface area (Å²) in [6.45, 7) is 1.88. The molecular formula is C20H20N2O4S. The standard InChI is InChI=1S/C20H20N2O4S/c1-12-21-17(13-8-6-5-7-9-13)19(27-12)20(23)22-14-10-15(24-2)18(26-4)16(11-14)25-3/h5-11H,1-4H3,(H,22,23). The lowest BCUT2D eigenvalue weighted by Crippen LogP contribution is -2.12. The molecule has 0 aliphatic rings. The summed E-state index contributed by atoms with van der Waals surface area (Å²) in [6.07, 6.45) is 0. The second-order valence-corrected chi connectivity index (χ2v) is 6.85. The second-order valence-electron chi connectivity index (χ2n) is 5.64. The number of ether oxygens (including phenoxy) is 3. The predicted octanol–water partition coefficient (Wildman–Crippen LogP) is 4.40. The number of aromatic nitrogens is 1. The summed E-state index contributed by atoms with van der Waals surface area (Å²) in [5.41, 5.74) is 2.11. The molecule has 1 N–H and O–H groups in total. The highest BCUT2D eigenvalue weighted by molar-refractivity contribution is 7.14. The molecule has 1 aromatic heterocycles. The van der Waals surface area contributed by atoms with Gasteiger partial charge >= 0.3 is 0 Å². The fraction of sp³-hybridized carbons (Fsp3) is 0.200. The van der Waals surface area contributed by atoms with Gasteiger partial charge in [0.25, 0.3) is 5.91 Å². The number of carbonyl (C=O) groups is 1. The molecule has 140 valence electrons. The first kappa shape index (κ1) is 18.7. The van der Waals surface area contributed by atoms with E-state index in [4.69, 9.17) is 14.2 Å². The molecular weight excluding hydrogens is 364 g/mol. The van der Waals surface area contributed by atoms with Crippen molar-refractivity contribution in [3.05, 3.63) is 52.3 Å². The Kier molecular flexibility index (Phi) is 5.61. The van der Waals surface area contributed by atoms with Crippen LogP contribution in [-0.2, 0) is 0 Å². The summed E-state index contributed by atoms with van der Waals surface area (Å²) in [5, 5.41) is 3.72. The monoisotopic (exact) mass is 384 g/mol. The third kappa shape index (κ3) is 3.88. The molecule has 0 saturated heterocycles. The first-order valence-electron chi connectivity index (χ1n) is 8.21. The third-order valence-corrected chi connectivity index (χ3v) is 4.88. The molecule has 2 aromatic carbocycles. The van der Waals surface area contributed by atoms with Gasteiger partial charge in [-0.15, -0.1) is 11.3 Å². The van der Waals surface area contributed by atoms with Crippen molar-refractivity contribution in [1.82, 2.24) is 4.98 Å². The smallest absolute Gasteiger partial charge is 0.268 e. The topological polar surface area (TPSA) is 69.7 Å². The Morgan fingerprint density at radius 1 is 1.00 bits per heavy atom. The zero-order valence-electron chi connectivity index (χ0n) is 15.5. The summed E-state index contributed by atoms with van der Waals surface area (Å²) in [6, 6.07) is 13.0. The Morgan fingerprint density at radius 2 is 1.63 bits per heavy atom. The number of nitrogens with zero attached hydrogens (tertiary/aromatic N) is 1. The van der Waals surface area contributed by atoms with Crippen LogP contribution in [-0.4, -0.2) is 32.2 Å². The Labute approximate surface area is 161 Å². The van der Waals surface area contributed by atoms with Crippen LogP contribution in [0, 0.1) is 6.92 Å². The maximum atomic E-state index is 12.9. The van der Waals surface area contributed by atoms with Crippen LogP contribution in [0.25, 0.3) is 11.3 Å². The average molecular weight is 384 g/mol. The maximum Gasteiger partial charge on any atom is 0.268 e. The lowest BCUT2D eigenvalue weighted by atomic mass is 10.1. The molecule has 0 atom stereocenters. The molecule has 6 nitrogen and oxygen atoms in total. The summed E-state index contributed by atoms with van der Waals surface area (Å²) >= 11 is 1.35. The van der Waals surface area contributed by atoms with Crippen molar-refractivity contribution in [2.45, 2.75) is 6.92 Å². The van der Waals surface area contributed by atoms with Gasteiger partial charge in [-0.2, -0.15) is 0 Å². The molecule has 0 saturated carbocycles. The Bertz CT molecular complexity index is 929. The number of anilines is 1. The molecule has 0 radical (unpaired) electrons. The highest BCUT2D eigenvalue weighted by Crippen LogP contribution is 2.40.